The number of halogens is 2. The number of esters is 1. The Labute approximate surface area is 188 Å². The van der Waals surface area contributed by atoms with E-state index in [1.807, 2.05) is 12.1 Å². The number of hydrogen-bond acceptors (Lipinski definition) is 3. The van der Waals surface area contributed by atoms with Crippen molar-refractivity contribution in [3.8, 4) is 11.5 Å². The summed E-state index contributed by atoms with van der Waals surface area (Å²) in [6, 6.07) is 9.34. The van der Waals surface area contributed by atoms with E-state index in [1.54, 1.807) is 12.1 Å². The van der Waals surface area contributed by atoms with Crippen LogP contribution in [0.25, 0.3) is 0 Å². The Bertz CT molecular complexity index is 960. The highest BCUT2D eigenvalue weighted by atomic mass is 19.1. The second kappa shape index (κ2) is 9.85. The van der Waals surface area contributed by atoms with Crippen molar-refractivity contribution in [3.63, 3.8) is 0 Å². The minimum absolute atomic E-state index is 0.193. The molecular formula is C27H30F2O3. The number of rotatable bonds is 5. The van der Waals surface area contributed by atoms with Gasteiger partial charge in [-0.3, -0.25) is 0 Å². The molecule has 0 amide bonds. The third-order valence-corrected chi connectivity index (χ3v) is 7.12. The van der Waals surface area contributed by atoms with Crippen LogP contribution in [-0.2, 0) is 0 Å². The molecule has 2 saturated carbocycles. The number of allylic oxidation sites excluding steroid dienone is 2. The van der Waals surface area contributed by atoms with Crippen LogP contribution in [-0.4, -0.2) is 13.1 Å². The van der Waals surface area contributed by atoms with Gasteiger partial charge in [0, 0.05) is 12.1 Å². The van der Waals surface area contributed by atoms with Gasteiger partial charge >= 0.3 is 5.97 Å². The first-order chi connectivity index (χ1) is 15.5. The second-order valence-corrected chi connectivity index (χ2v) is 9.06. The summed E-state index contributed by atoms with van der Waals surface area (Å²) in [4.78, 5) is 12.4. The Kier molecular flexibility index (Phi) is 6.92. The molecule has 2 fully saturated rings. The zero-order valence-electron chi connectivity index (χ0n) is 18.7. The maximum Gasteiger partial charge on any atom is 0.343 e. The fourth-order valence-corrected chi connectivity index (χ4v) is 5.52. The minimum atomic E-state index is -0.916. The maximum absolute atomic E-state index is 13.8. The highest BCUT2D eigenvalue weighted by Gasteiger charge is 2.35. The van der Waals surface area contributed by atoms with Crippen molar-refractivity contribution in [2.75, 3.05) is 7.11 Å². The van der Waals surface area contributed by atoms with Crippen LogP contribution >= 0.6 is 0 Å². The van der Waals surface area contributed by atoms with Crippen molar-refractivity contribution in [1.82, 2.24) is 0 Å². The SMILES string of the molecule is C/C=C/C1CCC2CC(c3ccc(C(=O)Oc4cc(F)c(OC)c(F)c4)cc3)CCC2C1. The van der Waals surface area contributed by atoms with E-state index < -0.39 is 23.4 Å². The minimum Gasteiger partial charge on any atom is -0.491 e. The maximum atomic E-state index is 13.8. The summed E-state index contributed by atoms with van der Waals surface area (Å²) in [5, 5.41) is 0. The van der Waals surface area contributed by atoms with Crippen LogP contribution in [0.3, 0.4) is 0 Å². The summed E-state index contributed by atoms with van der Waals surface area (Å²) >= 11 is 0. The third kappa shape index (κ3) is 4.87. The molecule has 2 aliphatic rings. The molecule has 170 valence electrons. The number of methoxy groups -OCH3 is 1. The van der Waals surface area contributed by atoms with Crippen molar-refractivity contribution < 1.29 is 23.0 Å². The molecular weight excluding hydrogens is 410 g/mol. The lowest BCUT2D eigenvalue weighted by molar-refractivity contribution is 0.0733. The summed E-state index contributed by atoms with van der Waals surface area (Å²) in [5.74, 6) is -0.282. The highest BCUT2D eigenvalue weighted by Crippen LogP contribution is 2.47. The normalized spacial score (nSPS) is 25.4. The largest absolute Gasteiger partial charge is 0.491 e. The van der Waals surface area contributed by atoms with Crippen molar-refractivity contribution in [1.29, 1.82) is 0 Å². The summed E-state index contributed by atoms with van der Waals surface area (Å²) < 4.78 is 37.5. The van der Waals surface area contributed by atoms with Crippen LogP contribution in [0.5, 0.6) is 11.5 Å². The molecule has 5 heteroatoms. The van der Waals surface area contributed by atoms with Gasteiger partial charge in [0.1, 0.15) is 5.75 Å². The lowest BCUT2D eigenvalue weighted by Gasteiger charge is -2.41. The van der Waals surface area contributed by atoms with Crippen LogP contribution in [0.15, 0.2) is 48.6 Å². The monoisotopic (exact) mass is 440 g/mol. The molecule has 0 aliphatic heterocycles. The predicted octanol–water partition coefficient (Wildman–Crippen LogP) is 7.07. The van der Waals surface area contributed by atoms with Gasteiger partial charge < -0.3 is 9.47 Å². The van der Waals surface area contributed by atoms with Gasteiger partial charge in [-0.05, 0) is 86.8 Å². The van der Waals surface area contributed by atoms with E-state index in [0.717, 1.165) is 29.9 Å². The van der Waals surface area contributed by atoms with Gasteiger partial charge in [-0.2, -0.15) is 0 Å². The molecule has 0 bridgehead atoms. The third-order valence-electron chi connectivity index (χ3n) is 7.12. The van der Waals surface area contributed by atoms with E-state index in [0.29, 0.717) is 11.5 Å². The fourth-order valence-electron chi connectivity index (χ4n) is 5.52. The molecule has 3 nitrogen and oxygen atoms in total. The van der Waals surface area contributed by atoms with Crippen molar-refractivity contribution >= 4 is 5.97 Å². The first-order valence-electron chi connectivity index (χ1n) is 11.5. The lowest BCUT2D eigenvalue weighted by Crippen LogP contribution is -2.30. The quantitative estimate of drug-likeness (QED) is 0.283. The summed E-state index contributed by atoms with van der Waals surface area (Å²) in [6.45, 7) is 2.11. The average Bonchev–Trinajstić information content (AvgIpc) is 2.79. The fraction of sp³-hybridized carbons (Fsp3) is 0.444. The molecule has 2 aromatic rings. The number of hydrogen-bond donors (Lipinski definition) is 0. The number of carbonyl (C=O) groups excluding carboxylic acids is 1. The molecule has 0 heterocycles. The standard InChI is InChI=1S/C27H30F2O3/c1-3-4-17-5-6-22-14-21(12-11-20(22)13-17)18-7-9-19(10-8-18)27(30)32-23-15-24(28)26(31-2)25(29)16-23/h3-4,7-10,15-17,20-22H,5-6,11-14H2,1-2H3/b4-3+. The molecule has 0 aromatic heterocycles. The molecule has 4 unspecified atom stereocenters. The Morgan fingerprint density at radius 3 is 2.28 bits per heavy atom. The molecule has 0 spiro atoms. The summed E-state index contributed by atoms with van der Waals surface area (Å²) in [7, 11) is 1.18. The molecule has 4 rings (SSSR count). The summed E-state index contributed by atoms with van der Waals surface area (Å²) in [5.41, 5.74) is 1.60. The smallest absolute Gasteiger partial charge is 0.343 e. The van der Waals surface area contributed by atoms with Crippen LogP contribution in [0.4, 0.5) is 8.78 Å². The summed E-state index contributed by atoms with van der Waals surface area (Å²) in [6.07, 6.45) is 12.1. The molecule has 0 N–H and O–H groups in total. The van der Waals surface area contributed by atoms with Gasteiger partial charge in [0.15, 0.2) is 17.4 Å². The van der Waals surface area contributed by atoms with Gasteiger partial charge in [0.05, 0.1) is 12.7 Å². The molecule has 0 radical (unpaired) electrons. The Morgan fingerprint density at radius 1 is 0.969 bits per heavy atom. The van der Waals surface area contributed by atoms with Crippen LogP contribution in [0.2, 0.25) is 0 Å². The van der Waals surface area contributed by atoms with E-state index in [1.165, 1.54) is 51.2 Å². The zero-order valence-corrected chi connectivity index (χ0v) is 18.7. The first kappa shape index (κ1) is 22.5. The van der Waals surface area contributed by atoms with E-state index >= 15 is 0 Å². The van der Waals surface area contributed by atoms with Crippen molar-refractivity contribution in [2.45, 2.75) is 51.4 Å². The van der Waals surface area contributed by atoms with E-state index in [2.05, 4.69) is 23.8 Å². The van der Waals surface area contributed by atoms with Gasteiger partial charge in [0.2, 0.25) is 0 Å². The van der Waals surface area contributed by atoms with Gasteiger partial charge in [-0.1, -0.05) is 24.3 Å². The average molecular weight is 441 g/mol. The van der Waals surface area contributed by atoms with Crippen LogP contribution in [0.1, 0.15) is 67.3 Å². The molecule has 2 aromatic carbocycles. The van der Waals surface area contributed by atoms with E-state index in [4.69, 9.17) is 4.74 Å². The predicted molar refractivity (Wildman–Crippen MR) is 120 cm³/mol. The number of benzene rings is 2. The Hall–Kier alpha value is -2.69. The van der Waals surface area contributed by atoms with Gasteiger partial charge in [0.25, 0.3) is 0 Å². The molecule has 0 saturated heterocycles. The topological polar surface area (TPSA) is 35.5 Å². The second-order valence-electron chi connectivity index (χ2n) is 9.06. The van der Waals surface area contributed by atoms with Gasteiger partial charge in [-0.15, -0.1) is 0 Å². The van der Waals surface area contributed by atoms with Crippen LogP contribution in [0, 0.1) is 29.4 Å². The highest BCUT2D eigenvalue weighted by molar-refractivity contribution is 5.91. The van der Waals surface area contributed by atoms with Crippen LogP contribution < -0.4 is 9.47 Å². The zero-order chi connectivity index (χ0) is 22.7. The first-order valence-corrected chi connectivity index (χ1v) is 11.5. The van der Waals surface area contributed by atoms with E-state index in [9.17, 15) is 13.6 Å². The van der Waals surface area contributed by atoms with Crippen molar-refractivity contribution in [2.24, 2.45) is 17.8 Å². The molecule has 4 atom stereocenters. The Morgan fingerprint density at radius 2 is 1.62 bits per heavy atom. The Balaban J connectivity index is 1.38. The number of fused-ring (bicyclic) bond motifs is 1. The van der Waals surface area contributed by atoms with E-state index in [-0.39, 0.29) is 5.75 Å². The van der Waals surface area contributed by atoms with Crippen molar-refractivity contribution in [3.05, 3.63) is 71.3 Å². The number of carbonyl (C=O) groups is 1. The molecule has 32 heavy (non-hydrogen) atoms. The van der Waals surface area contributed by atoms with Gasteiger partial charge in [-0.25, -0.2) is 13.6 Å². The lowest BCUT2D eigenvalue weighted by atomic mass is 9.64. The number of ether oxygens (including phenoxy) is 2. The molecule has 2 aliphatic carbocycles.